The number of para-hydroxylation sites is 1. The van der Waals surface area contributed by atoms with Gasteiger partial charge in [-0.25, -0.2) is 8.42 Å². The largest absolute Gasteiger partial charge is 0.501 e. The molecule has 1 aromatic carbocycles. The van der Waals surface area contributed by atoms with Crippen LogP contribution in [0.4, 0.5) is 18.9 Å². The second-order valence-electron chi connectivity index (χ2n) is 5.09. The van der Waals surface area contributed by atoms with Crippen molar-refractivity contribution in [1.82, 2.24) is 0 Å². The zero-order valence-corrected chi connectivity index (χ0v) is 11.5. The van der Waals surface area contributed by atoms with Crippen molar-refractivity contribution in [1.29, 1.82) is 0 Å². The maximum Gasteiger partial charge on any atom is 0.501 e. The molecule has 0 amide bonds. The van der Waals surface area contributed by atoms with Gasteiger partial charge in [-0.3, -0.25) is 0 Å². The van der Waals surface area contributed by atoms with Crippen molar-refractivity contribution < 1.29 is 26.7 Å². The molecule has 1 saturated heterocycles. The van der Waals surface area contributed by atoms with Crippen LogP contribution in [0.15, 0.2) is 29.2 Å². The van der Waals surface area contributed by atoms with Gasteiger partial charge in [0, 0.05) is 13.1 Å². The smallest absolute Gasteiger partial charge is 0.388 e. The maximum atomic E-state index is 12.7. The van der Waals surface area contributed by atoms with E-state index in [0.29, 0.717) is 13.0 Å². The summed E-state index contributed by atoms with van der Waals surface area (Å²) in [6, 6.07) is 4.97. The van der Waals surface area contributed by atoms with Crippen molar-refractivity contribution >= 4 is 15.5 Å². The molecular formula is C12H14F3NO3S. The average molecular weight is 309 g/mol. The van der Waals surface area contributed by atoms with Crippen LogP contribution in [0.5, 0.6) is 0 Å². The van der Waals surface area contributed by atoms with Crippen molar-refractivity contribution in [2.45, 2.75) is 29.3 Å². The van der Waals surface area contributed by atoms with E-state index in [9.17, 15) is 26.7 Å². The zero-order chi connectivity index (χ0) is 15.2. The molecule has 0 aromatic heterocycles. The number of aliphatic hydroxyl groups is 1. The summed E-state index contributed by atoms with van der Waals surface area (Å²) < 4.78 is 61.2. The monoisotopic (exact) mass is 309 g/mol. The number of rotatable bonds is 2. The Morgan fingerprint density at radius 1 is 1.30 bits per heavy atom. The summed E-state index contributed by atoms with van der Waals surface area (Å²) in [6.07, 6.45) is 0.368. The Morgan fingerprint density at radius 3 is 2.40 bits per heavy atom. The van der Waals surface area contributed by atoms with Crippen molar-refractivity contribution in [3.8, 4) is 0 Å². The molecular weight excluding hydrogens is 295 g/mol. The maximum absolute atomic E-state index is 12.7. The van der Waals surface area contributed by atoms with Crippen LogP contribution >= 0.6 is 0 Å². The van der Waals surface area contributed by atoms with Crippen molar-refractivity contribution in [3.63, 3.8) is 0 Å². The van der Waals surface area contributed by atoms with Gasteiger partial charge in [-0.2, -0.15) is 13.2 Å². The van der Waals surface area contributed by atoms with Crippen molar-refractivity contribution in [3.05, 3.63) is 24.3 Å². The summed E-state index contributed by atoms with van der Waals surface area (Å²) in [5, 5.41) is 9.87. The van der Waals surface area contributed by atoms with Gasteiger partial charge in [-0.15, -0.1) is 0 Å². The molecule has 0 bridgehead atoms. The van der Waals surface area contributed by atoms with E-state index < -0.39 is 25.8 Å². The SMILES string of the molecule is CC1(O)CCN(c2ccccc2S(=O)(=O)C(F)(F)F)C1. The summed E-state index contributed by atoms with van der Waals surface area (Å²) >= 11 is 0. The first-order valence-electron chi connectivity index (χ1n) is 5.92. The van der Waals surface area contributed by atoms with E-state index in [-0.39, 0.29) is 12.2 Å². The Morgan fingerprint density at radius 2 is 1.90 bits per heavy atom. The van der Waals surface area contributed by atoms with Gasteiger partial charge < -0.3 is 10.0 Å². The summed E-state index contributed by atoms with van der Waals surface area (Å²) in [6.45, 7) is 1.96. The summed E-state index contributed by atoms with van der Waals surface area (Å²) in [4.78, 5) is 0.684. The second-order valence-corrected chi connectivity index (χ2v) is 7.00. The first kappa shape index (κ1) is 15.1. The van der Waals surface area contributed by atoms with Crippen LogP contribution in [0.2, 0.25) is 0 Å². The van der Waals surface area contributed by atoms with Crippen LogP contribution in [0.25, 0.3) is 0 Å². The minimum Gasteiger partial charge on any atom is -0.388 e. The molecule has 1 aliphatic rings. The zero-order valence-electron chi connectivity index (χ0n) is 10.7. The molecule has 0 aliphatic carbocycles. The molecule has 4 nitrogen and oxygen atoms in total. The van der Waals surface area contributed by atoms with Gasteiger partial charge in [0.25, 0.3) is 9.84 Å². The first-order chi connectivity index (χ1) is 9.05. The van der Waals surface area contributed by atoms with E-state index in [0.717, 1.165) is 6.07 Å². The minimum atomic E-state index is -5.41. The fourth-order valence-corrected chi connectivity index (χ4v) is 3.20. The van der Waals surface area contributed by atoms with Crippen LogP contribution in [0.1, 0.15) is 13.3 Å². The number of nitrogens with zero attached hydrogens (tertiary/aromatic N) is 1. The van der Waals surface area contributed by atoms with E-state index in [1.165, 1.54) is 23.1 Å². The lowest BCUT2D eigenvalue weighted by atomic mass is 10.1. The molecule has 0 radical (unpaired) electrons. The number of alkyl halides is 3. The van der Waals surface area contributed by atoms with E-state index in [1.807, 2.05) is 0 Å². The number of β-amino-alcohol motifs (C(OH)–C–C–N with tert-alkyl or cyclic N) is 1. The number of hydrogen-bond donors (Lipinski definition) is 1. The van der Waals surface area contributed by atoms with Gasteiger partial charge >= 0.3 is 5.51 Å². The van der Waals surface area contributed by atoms with E-state index >= 15 is 0 Å². The molecule has 2 rings (SSSR count). The first-order valence-corrected chi connectivity index (χ1v) is 7.41. The summed E-state index contributed by atoms with van der Waals surface area (Å²) in [7, 11) is -5.41. The van der Waals surface area contributed by atoms with Crippen LogP contribution in [0.3, 0.4) is 0 Å². The van der Waals surface area contributed by atoms with E-state index in [2.05, 4.69) is 0 Å². The van der Waals surface area contributed by atoms with Gasteiger partial charge in [-0.1, -0.05) is 12.1 Å². The van der Waals surface area contributed by atoms with Crippen LogP contribution in [0, 0.1) is 0 Å². The Bertz CT molecular complexity index is 611. The van der Waals surface area contributed by atoms with Gasteiger partial charge in [0.15, 0.2) is 0 Å². The third-order valence-corrected chi connectivity index (χ3v) is 4.79. The molecule has 1 N–H and O–H groups in total. The summed E-state index contributed by atoms with van der Waals surface area (Å²) in [5.74, 6) is 0. The second kappa shape index (κ2) is 4.63. The Hall–Kier alpha value is -1.28. The third kappa shape index (κ3) is 2.62. The fraction of sp³-hybridized carbons (Fsp3) is 0.500. The number of sulfone groups is 1. The number of halogens is 3. The third-order valence-electron chi connectivity index (χ3n) is 3.25. The minimum absolute atomic E-state index is 0.0254. The molecule has 112 valence electrons. The average Bonchev–Trinajstić information content (AvgIpc) is 2.68. The van der Waals surface area contributed by atoms with Crippen LogP contribution in [-0.2, 0) is 9.84 Å². The van der Waals surface area contributed by atoms with Crippen LogP contribution < -0.4 is 4.90 Å². The Balaban J connectivity index is 2.48. The molecule has 1 heterocycles. The van der Waals surface area contributed by atoms with Gasteiger partial charge in [0.05, 0.1) is 16.2 Å². The number of hydrogen-bond acceptors (Lipinski definition) is 4. The Kier molecular flexibility index (Phi) is 3.50. The molecule has 1 fully saturated rings. The van der Waals surface area contributed by atoms with E-state index in [1.54, 1.807) is 6.92 Å². The number of anilines is 1. The lowest BCUT2D eigenvalue weighted by molar-refractivity contribution is -0.0435. The van der Waals surface area contributed by atoms with Crippen molar-refractivity contribution in [2.75, 3.05) is 18.0 Å². The van der Waals surface area contributed by atoms with Gasteiger partial charge in [0.2, 0.25) is 0 Å². The van der Waals surface area contributed by atoms with Gasteiger partial charge in [-0.05, 0) is 25.5 Å². The highest BCUT2D eigenvalue weighted by molar-refractivity contribution is 7.92. The molecule has 8 heteroatoms. The van der Waals surface area contributed by atoms with Gasteiger partial charge in [0.1, 0.15) is 0 Å². The molecule has 20 heavy (non-hydrogen) atoms. The number of benzene rings is 1. The highest BCUT2D eigenvalue weighted by Gasteiger charge is 2.48. The molecule has 0 spiro atoms. The molecule has 1 unspecified atom stereocenters. The lowest BCUT2D eigenvalue weighted by Crippen LogP contribution is -2.31. The molecule has 0 saturated carbocycles. The normalized spacial score (nSPS) is 24.1. The molecule has 1 atom stereocenters. The molecule has 1 aromatic rings. The predicted molar refractivity (Wildman–Crippen MR) is 67.1 cm³/mol. The van der Waals surface area contributed by atoms with Crippen LogP contribution in [-0.4, -0.2) is 37.7 Å². The summed E-state index contributed by atoms with van der Waals surface area (Å²) in [5.41, 5.74) is -6.40. The predicted octanol–water partition coefficient (Wildman–Crippen LogP) is 1.94. The molecule has 1 aliphatic heterocycles. The van der Waals surface area contributed by atoms with Crippen molar-refractivity contribution in [2.24, 2.45) is 0 Å². The quantitative estimate of drug-likeness (QED) is 0.907. The highest BCUT2D eigenvalue weighted by Crippen LogP contribution is 2.37. The topological polar surface area (TPSA) is 57.6 Å². The lowest BCUT2D eigenvalue weighted by Gasteiger charge is -2.23. The fourth-order valence-electron chi connectivity index (χ4n) is 2.22. The highest BCUT2D eigenvalue weighted by atomic mass is 32.2. The van der Waals surface area contributed by atoms with E-state index in [4.69, 9.17) is 0 Å². The Labute approximate surface area is 114 Å². The standard InChI is InChI=1S/C12H14F3NO3S/c1-11(17)6-7-16(8-11)9-4-2-3-5-10(9)20(18,19)12(13,14)15/h2-5,17H,6-8H2,1H3.